The molecule has 3 unspecified atom stereocenters. The van der Waals surface area contributed by atoms with Crippen LogP contribution in [0.3, 0.4) is 0 Å². The van der Waals surface area contributed by atoms with Crippen LogP contribution in [0, 0.1) is 5.82 Å². The molecule has 104 valence electrons. The van der Waals surface area contributed by atoms with Crippen LogP contribution in [0.2, 0.25) is 0 Å². The zero-order valence-corrected chi connectivity index (χ0v) is 11.2. The fourth-order valence-electron chi connectivity index (χ4n) is 3.11. The fraction of sp³-hybridized carbons (Fsp3) is 0.294. The summed E-state index contributed by atoms with van der Waals surface area (Å²) in [4.78, 5) is 0. The molecule has 0 heterocycles. The lowest BCUT2D eigenvalue weighted by Gasteiger charge is -2.37. The van der Waals surface area contributed by atoms with Crippen molar-refractivity contribution in [1.29, 1.82) is 0 Å². The van der Waals surface area contributed by atoms with E-state index in [1.54, 1.807) is 18.2 Å². The first kappa shape index (κ1) is 13.3. The molecule has 2 aromatic rings. The number of nitrogens with two attached hydrogens (primary N) is 1. The average molecular weight is 271 g/mol. The Morgan fingerprint density at radius 3 is 2.55 bits per heavy atom. The first-order valence-corrected chi connectivity index (χ1v) is 6.92. The van der Waals surface area contributed by atoms with Gasteiger partial charge in [0.25, 0.3) is 0 Å². The Kier molecular flexibility index (Phi) is 3.55. The first-order chi connectivity index (χ1) is 9.72. The van der Waals surface area contributed by atoms with Crippen molar-refractivity contribution in [3.8, 4) is 0 Å². The van der Waals surface area contributed by atoms with E-state index in [1.807, 2.05) is 18.2 Å². The molecule has 0 fully saturated rings. The topological polar surface area (TPSA) is 46.2 Å². The van der Waals surface area contributed by atoms with Crippen molar-refractivity contribution in [1.82, 2.24) is 0 Å². The third kappa shape index (κ3) is 2.13. The minimum atomic E-state index is -0.646. The summed E-state index contributed by atoms with van der Waals surface area (Å²) in [5.41, 5.74) is 8.72. The van der Waals surface area contributed by atoms with Crippen LogP contribution in [0.15, 0.2) is 48.5 Å². The molecule has 1 aliphatic carbocycles. The van der Waals surface area contributed by atoms with Crippen LogP contribution in [-0.4, -0.2) is 17.8 Å². The lowest BCUT2D eigenvalue weighted by atomic mass is 9.70. The number of aliphatic hydroxyl groups excluding tert-OH is 1. The van der Waals surface area contributed by atoms with Gasteiger partial charge in [-0.25, -0.2) is 4.39 Å². The van der Waals surface area contributed by atoms with Gasteiger partial charge in [-0.05, 0) is 29.2 Å². The Balaban J connectivity index is 1.87. The molecule has 0 saturated heterocycles. The molecule has 3 atom stereocenters. The maximum absolute atomic E-state index is 13.9. The number of hydrogen-bond donors (Lipinski definition) is 2. The summed E-state index contributed by atoms with van der Waals surface area (Å²) in [5.74, 6) is -0.608. The van der Waals surface area contributed by atoms with E-state index >= 15 is 0 Å². The van der Waals surface area contributed by atoms with E-state index in [-0.39, 0.29) is 24.2 Å². The predicted molar refractivity (Wildman–Crippen MR) is 77.1 cm³/mol. The van der Waals surface area contributed by atoms with E-state index in [0.717, 1.165) is 12.0 Å². The van der Waals surface area contributed by atoms with Crippen LogP contribution in [0.5, 0.6) is 0 Å². The molecule has 2 nitrogen and oxygen atoms in total. The Morgan fingerprint density at radius 2 is 1.85 bits per heavy atom. The highest BCUT2D eigenvalue weighted by Crippen LogP contribution is 2.41. The maximum Gasteiger partial charge on any atom is 0.126 e. The summed E-state index contributed by atoms with van der Waals surface area (Å²) in [6, 6.07) is 14.6. The van der Waals surface area contributed by atoms with Crippen LogP contribution in [0.1, 0.15) is 28.5 Å². The standard InChI is InChI=1S/C17H18FNO/c18-16-8-4-3-7-13(16)15(10-19)17(20)14-9-11-5-1-2-6-12(11)14/h1-8,14-15,17,20H,9-10,19H2. The second-order valence-electron chi connectivity index (χ2n) is 5.36. The van der Waals surface area contributed by atoms with Gasteiger partial charge in [0.2, 0.25) is 0 Å². The Morgan fingerprint density at radius 1 is 1.15 bits per heavy atom. The molecular formula is C17H18FNO. The van der Waals surface area contributed by atoms with Gasteiger partial charge in [-0.2, -0.15) is 0 Å². The van der Waals surface area contributed by atoms with Crippen LogP contribution in [-0.2, 0) is 6.42 Å². The van der Waals surface area contributed by atoms with Crippen molar-refractivity contribution in [2.45, 2.75) is 24.4 Å². The number of hydrogen-bond acceptors (Lipinski definition) is 2. The SMILES string of the molecule is NCC(c1ccccc1F)C(O)C1Cc2ccccc21. The first-order valence-electron chi connectivity index (χ1n) is 6.92. The number of halogens is 1. The van der Waals surface area contributed by atoms with Gasteiger partial charge in [0.1, 0.15) is 5.82 Å². The summed E-state index contributed by atoms with van der Waals surface area (Å²) in [6.45, 7) is 0.237. The zero-order valence-electron chi connectivity index (χ0n) is 11.2. The molecule has 0 amide bonds. The van der Waals surface area contributed by atoms with E-state index < -0.39 is 6.10 Å². The van der Waals surface area contributed by atoms with Gasteiger partial charge in [0.15, 0.2) is 0 Å². The van der Waals surface area contributed by atoms with Gasteiger partial charge in [-0.15, -0.1) is 0 Å². The third-order valence-electron chi connectivity index (χ3n) is 4.28. The smallest absolute Gasteiger partial charge is 0.126 e. The number of fused-ring (bicyclic) bond motifs is 1. The van der Waals surface area contributed by atoms with Crippen molar-refractivity contribution < 1.29 is 9.50 Å². The molecule has 1 aliphatic rings. The summed E-state index contributed by atoms with van der Waals surface area (Å²) in [6.07, 6.45) is 0.189. The summed E-state index contributed by atoms with van der Waals surface area (Å²) in [5, 5.41) is 10.6. The maximum atomic E-state index is 13.9. The molecule has 3 heteroatoms. The highest BCUT2D eigenvalue weighted by Gasteiger charge is 2.36. The molecule has 20 heavy (non-hydrogen) atoms. The van der Waals surface area contributed by atoms with Crippen LogP contribution in [0.4, 0.5) is 4.39 Å². The predicted octanol–water partition coefficient (Wildman–Crippen LogP) is 2.57. The third-order valence-corrected chi connectivity index (χ3v) is 4.28. The van der Waals surface area contributed by atoms with Crippen LogP contribution < -0.4 is 5.73 Å². The molecule has 0 saturated carbocycles. The molecule has 0 aromatic heterocycles. The van der Waals surface area contributed by atoms with Crippen molar-refractivity contribution in [2.24, 2.45) is 5.73 Å². The van der Waals surface area contributed by atoms with Gasteiger partial charge in [0, 0.05) is 18.4 Å². The van der Waals surface area contributed by atoms with Gasteiger partial charge in [-0.3, -0.25) is 0 Å². The molecule has 3 rings (SSSR count). The Hall–Kier alpha value is -1.71. The highest BCUT2D eigenvalue weighted by molar-refractivity contribution is 5.42. The van der Waals surface area contributed by atoms with E-state index in [4.69, 9.17) is 5.73 Å². The number of rotatable bonds is 4. The van der Waals surface area contributed by atoms with E-state index in [0.29, 0.717) is 5.56 Å². The van der Waals surface area contributed by atoms with Crippen molar-refractivity contribution in [3.05, 3.63) is 71.0 Å². The molecule has 0 radical (unpaired) electrons. The number of benzene rings is 2. The monoisotopic (exact) mass is 271 g/mol. The average Bonchev–Trinajstić information content (AvgIpc) is 2.43. The molecule has 2 aromatic carbocycles. The highest BCUT2D eigenvalue weighted by atomic mass is 19.1. The van der Waals surface area contributed by atoms with Crippen molar-refractivity contribution >= 4 is 0 Å². The van der Waals surface area contributed by atoms with Crippen molar-refractivity contribution in [3.63, 3.8) is 0 Å². The fourth-order valence-corrected chi connectivity index (χ4v) is 3.11. The molecule has 0 aliphatic heterocycles. The van der Waals surface area contributed by atoms with Crippen LogP contribution in [0.25, 0.3) is 0 Å². The zero-order chi connectivity index (χ0) is 14.1. The second-order valence-corrected chi connectivity index (χ2v) is 5.36. The van der Waals surface area contributed by atoms with E-state index in [2.05, 4.69) is 6.07 Å². The minimum absolute atomic E-state index is 0.0550. The molecule has 0 spiro atoms. The van der Waals surface area contributed by atoms with E-state index in [9.17, 15) is 9.50 Å². The van der Waals surface area contributed by atoms with Gasteiger partial charge in [-0.1, -0.05) is 42.5 Å². The van der Waals surface area contributed by atoms with Gasteiger partial charge >= 0.3 is 0 Å². The minimum Gasteiger partial charge on any atom is -0.392 e. The lowest BCUT2D eigenvalue weighted by Crippen LogP contribution is -2.37. The van der Waals surface area contributed by atoms with E-state index in [1.165, 1.54) is 11.6 Å². The molecule has 0 bridgehead atoms. The van der Waals surface area contributed by atoms with Gasteiger partial charge in [0.05, 0.1) is 6.10 Å². The largest absolute Gasteiger partial charge is 0.392 e. The normalized spacial score (nSPS) is 19.9. The van der Waals surface area contributed by atoms with Crippen LogP contribution >= 0.6 is 0 Å². The van der Waals surface area contributed by atoms with Gasteiger partial charge < -0.3 is 10.8 Å². The lowest BCUT2D eigenvalue weighted by molar-refractivity contribution is 0.105. The molecular weight excluding hydrogens is 253 g/mol. The summed E-state index contributed by atoms with van der Waals surface area (Å²) in [7, 11) is 0. The Bertz CT molecular complexity index is 613. The second kappa shape index (κ2) is 5.35. The van der Waals surface area contributed by atoms with Crippen molar-refractivity contribution in [2.75, 3.05) is 6.54 Å². The quantitative estimate of drug-likeness (QED) is 0.897. The number of aliphatic hydroxyl groups is 1. The Labute approximate surface area is 118 Å². The summed E-state index contributed by atoms with van der Waals surface area (Å²) >= 11 is 0. The summed E-state index contributed by atoms with van der Waals surface area (Å²) < 4.78 is 13.9. The molecule has 3 N–H and O–H groups in total.